The van der Waals surface area contributed by atoms with Gasteiger partial charge in [0.05, 0.1) is 13.7 Å². The molecule has 0 unspecified atom stereocenters. The quantitative estimate of drug-likeness (QED) is 0.713. The predicted molar refractivity (Wildman–Crippen MR) is 74.4 cm³/mol. The molecule has 0 aliphatic rings. The molecular formula is C14H24N2O2. The van der Waals surface area contributed by atoms with Crippen molar-refractivity contribution in [2.75, 3.05) is 40.9 Å². The number of hydrogen-bond donors (Lipinski definition) is 1. The first-order valence-electron chi connectivity index (χ1n) is 6.32. The fourth-order valence-electron chi connectivity index (χ4n) is 1.79. The highest BCUT2D eigenvalue weighted by Crippen LogP contribution is 2.31. The lowest BCUT2D eigenvalue weighted by molar-refractivity contribution is 0.266. The van der Waals surface area contributed by atoms with Crippen molar-refractivity contribution in [1.82, 2.24) is 4.90 Å². The summed E-state index contributed by atoms with van der Waals surface area (Å²) < 4.78 is 11.2. The summed E-state index contributed by atoms with van der Waals surface area (Å²) in [6.07, 6.45) is 1.80. The molecule has 0 aromatic heterocycles. The molecule has 0 fully saturated rings. The van der Waals surface area contributed by atoms with Gasteiger partial charge in [0.2, 0.25) is 0 Å². The smallest absolute Gasteiger partial charge is 0.164 e. The topological polar surface area (TPSA) is 47.7 Å². The van der Waals surface area contributed by atoms with Crippen LogP contribution in [-0.2, 0) is 6.42 Å². The van der Waals surface area contributed by atoms with Crippen LogP contribution in [0, 0.1) is 0 Å². The molecule has 0 saturated heterocycles. The third kappa shape index (κ3) is 4.55. The Hall–Kier alpha value is -1.26. The van der Waals surface area contributed by atoms with E-state index in [1.807, 2.05) is 18.2 Å². The van der Waals surface area contributed by atoms with E-state index in [1.165, 1.54) is 0 Å². The second kappa shape index (κ2) is 7.95. The Morgan fingerprint density at radius 2 is 2.06 bits per heavy atom. The van der Waals surface area contributed by atoms with E-state index in [9.17, 15) is 0 Å². The largest absolute Gasteiger partial charge is 0.493 e. The van der Waals surface area contributed by atoms with Crippen molar-refractivity contribution in [3.8, 4) is 11.5 Å². The standard InChI is InChI=1S/C14H24N2O2/c1-16(2)10-5-11-18-14-12(8-9-15)6-4-7-13(14)17-3/h4,6-7H,5,8-11,15H2,1-3H3. The molecule has 0 aliphatic heterocycles. The van der Waals surface area contributed by atoms with Crippen LogP contribution in [0.3, 0.4) is 0 Å². The number of ether oxygens (including phenoxy) is 2. The van der Waals surface area contributed by atoms with E-state index in [-0.39, 0.29) is 0 Å². The molecule has 1 rings (SSSR count). The Morgan fingerprint density at radius 1 is 1.28 bits per heavy atom. The lowest BCUT2D eigenvalue weighted by Gasteiger charge is -2.15. The van der Waals surface area contributed by atoms with Crippen LogP contribution in [0.25, 0.3) is 0 Å². The molecule has 0 aliphatic carbocycles. The van der Waals surface area contributed by atoms with Gasteiger partial charge in [0.1, 0.15) is 0 Å². The Kier molecular flexibility index (Phi) is 6.54. The summed E-state index contributed by atoms with van der Waals surface area (Å²) in [7, 11) is 5.78. The van der Waals surface area contributed by atoms with Crippen LogP contribution < -0.4 is 15.2 Å². The van der Waals surface area contributed by atoms with E-state index >= 15 is 0 Å². The van der Waals surface area contributed by atoms with E-state index in [4.69, 9.17) is 15.2 Å². The first-order valence-corrected chi connectivity index (χ1v) is 6.32. The van der Waals surface area contributed by atoms with Gasteiger partial charge >= 0.3 is 0 Å². The van der Waals surface area contributed by atoms with Gasteiger partial charge in [-0.05, 0) is 45.1 Å². The predicted octanol–water partition coefficient (Wildman–Crippen LogP) is 1.53. The number of para-hydroxylation sites is 1. The highest BCUT2D eigenvalue weighted by molar-refractivity contribution is 5.46. The number of nitrogens with two attached hydrogens (primary N) is 1. The summed E-state index contributed by atoms with van der Waals surface area (Å²) in [5, 5.41) is 0. The SMILES string of the molecule is COc1cccc(CCN)c1OCCCN(C)C. The molecule has 4 heteroatoms. The van der Waals surface area contributed by atoms with E-state index in [0.29, 0.717) is 13.2 Å². The summed E-state index contributed by atoms with van der Waals surface area (Å²) in [4.78, 5) is 2.15. The van der Waals surface area contributed by atoms with Crippen molar-refractivity contribution < 1.29 is 9.47 Å². The summed E-state index contributed by atoms with van der Waals surface area (Å²) in [5.74, 6) is 1.62. The van der Waals surface area contributed by atoms with Gasteiger partial charge in [-0.2, -0.15) is 0 Å². The molecule has 4 nitrogen and oxygen atoms in total. The van der Waals surface area contributed by atoms with Gasteiger partial charge < -0.3 is 20.1 Å². The second-order valence-corrected chi connectivity index (χ2v) is 4.49. The van der Waals surface area contributed by atoms with Crippen LogP contribution in [-0.4, -0.2) is 45.8 Å². The fraction of sp³-hybridized carbons (Fsp3) is 0.571. The lowest BCUT2D eigenvalue weighted by Crippen LogP contribution is -2.16. The van der Waals surface area contributed by atoms with Gasteiger partial charge in [-0.15, -0.1) is 0 Å². The molecule has 18 heavy (non-hydrogen) atoms. The molecular weight excluding hydrogens is 228 g/mol. The number of nitrogens with zero attached hydrogens (tertiary/aromatic N) is 1. The molecule has 0 atom stereocenters. The van der Waals surface area contributed by atoms with Gasteiger partial charge in [-0.3, -0.25) is 0 Å². The highest BCUT2D eigenvalue weighted by Gasteiger charge is 2.09. The maximum atomic E-state index is 5.85. The summed E-state index contributed by atoms with van der Waals surface area (Å²) in [5.41, 5.74) is 6.73. The Bertz CT molecular complexity index is 354. The van der Waals surface area contributed by atoms with Crippen molar-refractivity contribution in [2.45, 2.75) is 12.8 Å². The molecule has 0 radical (unpaired) electrons. The summed E-state index contributed by atoms with van der Waals surface area (Å²) >= 11 is 0. The van der Waals surface area contributed by atoms with Gasteiger partial charge in [0, 0.05) is 6.54 Å². The van der Waals surface area contributed by atoms with Crippen LogP contribution in [0.5, 0.6) is 11.5 Å². The maximum absolute atomic E-state index is 5.85. The molecule has 0 bridgehead atoms. The number of hydrogen-bond acceptors (Lipinski definition) is 4. The molecule has 1 aromatic rings. The normalized spacial score (nSPS) is 10.7. The monoisotopic (exact) mass is 252 g/mol. The Labute approximate surface area is 110 Å². The van der Waals surface area contributed by atoms with E-state index in [0.717, 1.165) is 36.4 Å². The van der Waals surface area contributed by atoms with Crippen molar-refractivity contribution in [1.29, 1.82) is 0 Å². The zero-order chi connectivity index (χ0) is 13.4. The second-order valence-electron chi connectivity index (χ2n) is 4.49. The summed E-state index contributed by atoms with van der Waals surface area (Å²) in [6.45, 7) is 2.32. The fourth-order valence-corrected chi connectivity index (χ4v) is 1.79. The van der Waals surface area contributed by atoms with Gasteiger partial charge in [-0.25, -0.2) is 0 Å². The average molecular weight is 252 g/mol. The molecule has 0 heterocycles. The number of methoxy groups -OCH3 is 1. The molecule has 2 N–H and O–H groups in total. The Morgan fingerprint density at radius 3 is 2.67 bits per heavy atom. The highest BCUT2D eigenvalue weighted by atomic mass is 16.5. The zero-order valence-corrected chi connectivity index (χ0v) is 11.6. The summed E-state index contributed by atoms with van der Waals surface area (Å²) in [6, 6.07) is 5.93. The molecule has 102 valence electrons. The third-order valence-corrected chi connectivity index (χ3v) is 2.69. The van der Waals surface area contributed by atoms with E-state index < -0.39 is 0 Å². The average Bonchev–Trinajstić information content (AvgIpc) is 2.35. The maximum Gasteiger partial charge on any atom is 0.164 e. The van der Waals surface area contributed by atoms with Crippen LogP contribution in [0.15, 0.2) is 18.2 Å². The van der Waals surface area contributed by atoms with Gasteiger partial charge in [-0.1, -0.05) is 12.1 Å². The first kappa shape index (κ1) is 14.8. The van der Waals surface area contributed by atoms with Gasteiger partial charge in [0.25, 0.3) is 0 Å². The van der Waals surface area contributed by atoms with Crippen LogP contribution in [0.1, 0.15) is 12.0 Å². The van der Waals surface area contributed by atoms with Crippen LogP contribution in [0.4, 0.5) is 0 Å². The lowest BCUT2D eigenvalue weighted by atomic mass is 10.1. The Balaban J connectivity index is 2.65. The van der Waals surface area contributed by atoms with Crippen LogP contribution >= 0.6 is 0 Å². The van der Waals surface area contributed by atoms with Gasteiger partial charge in [0.15, 0.2) is 11.5 Å². The van der Waals surface area contributed by atoms with Crippen LogP contribution in [0.2, 0.25) is 0 Å². The van der Waals surface area contributed by atoms with Crippen molar-refractivity contribution in [3.63, 3.8) is 0 Å². The number of benzene rings is 1. The molecule has 0 saturated carbocycles. The first-order chi connectivity index (χ1) is 8.69. The molecule has 1 aromatic carbocycles. The van der Waals surface area contributed by atoms with E-state index in [1.54, 1.807) is 7.11 Å². The van der Waals surface area contributed by atoms with E-state index in [2.05, 4.69) is 19.0 Å². The molecule has 0 amide bonds. The minimum atomic E-state index is 0.612. The van der Waals surface area contributed by atoms with Crippen molar-refractivity contribution >= 4 is 0 Å². The minimum Gasteiger partial charge on any atom is -0.493 e. The van der Waals surface area contributed by atoms with Crippen molar-refractivity contribution in [3.05, 3.63) is 23.8 Å². The zero-order valence-electron chi connectivity index (χ0n) is 11.6. The minimum absolute atomic E-state index is 0.612. The third-order valence-electron chi connectivity index (χ3n) is 2.69. The van der Waals surface area contributed by atoms with Crippen molar-refractivity contribution in [2.24, 2.45) is 5.73 Å². The number of rotatable bonds is 8. The molecule has 0 spiro atoms.